The second-order valence-electron chi connectivity index (χ2n) is 4.99. The Hall–Kier alpha value is -2.73. The van der Waals surface area contributed by atoms with Crippen LogP contribution >= 0.6 is 11.6 Å². The van der Waals surface area contributed by atoms with E-state index in [1.807, 2.05) is 6.07 Å². The summed E-state index contributed by atoms with van der Waals surface area (Å²) in [7, 11) is 2.93. The molecule has 0 spiro atoms. The lowest BCUT2D eigenvalue weighted by Crippen LogP contribution is -2.25. The van der Waals surface area contributed by atoms with Crippen LogP contribution in [0.2, 0.25) is 5.02 Å². The van der Waals surface area contributed by atoms with Crippen molar-refractivity contribution in [2.24, 2.45) is 0 Å². The third-order valence-corrected chi connectivity index (χ3v) is 3.50. The molecule has 2 rings (SSSR count). The van der Waals surface area contributed by atoms with Gasteiger partial charge in [-0.3, -0.25) is 9.69 Å². The fraction of sp³-hybridized carbons (Fsp3) is 0.176. The van der Waals surface area contributed by atoms with E-state index < -0.39 is 6.09 Å². The van der Waals surface area contributed by atoms with Gasteiger partial charge < -0.3 is 15.4 Å². The smallest absolute Gasteiger partial charge is 0.413 e. The number of halogens is 1. The maximum Gasteiger partial charge on any atom is 0.413 e. The molecule has 0 aliphatic heterocycles. The van der Waals surface area contributed by atoms with Gasteiger partial charge in [-0.2, -0.15) is 0 Å². The lowest BCUT2D eigenvalue weighted by atomic mass is 10.2. The quantitative estimate of drug-likeness (QED) is 0.867. The molecule has 6 nitrogen and oxygen atoms in total. The number of rotatable bonds is 5. The molecule has 126 valence electrons. The summed E-state index contributed by atoms with van der Waals surface area (Å²) in [6.07, 6.45) is -0.461. The molecule has 2 N–H and O–H groups in total. The van der Waals surface area contributed by atoms with Crippen LogP contribution in [0.3, 0.4) is 0 Å². The summed E-state index contributed by atoms with van der Waals surface area (Å²) >= 11 is 5.89. The van der Waals surface area contributed by atoms with Gasteiger partial charge in [0.25, 0.3) is 0 Å². The molecule has 2 aromatic rings. The lowest BCUT2D eigenvalue weighted by Gasteiger charge is -2.16. The predicted molar refractivity (Wildman–Crippen MR) is 95.8 cm³/mol. The highest BCUT2D eigenvalue weighted by molar-refractivity contribution is 6.30. The van der Waals surface area contributed by atoms with E-state index in [0.29, 0.717) is 16.4 Å². The minimum Gasteiger partial charge on any atom is -0.452 e. The van der Waals surface area contributed by atoms with Crippen LogP contribution in [0.4, 0.5) is 21.9 Å². The van der Waals surface area contributed by atoms with E-state index in [2.05, 4.69) is 15.4 Å². The minimum absolute atomic E-state index is 0.115. The Morgan fingerprint density at radius 1 is 1.12 bits per heavy atom. The average Bonchev–Trinajstić information content (AvgIpc) is 2.59. The summed E-state index contributed by atoms with van der Waals surface area (Å²) in [5.41, 5.74) is 2.07. The molecule has 0 saturated carbocycles. The van der Waals surface area contributed by atoms with Crippen LogP contribution in [0.15, 0.2) is 48.5 Å². The van der Waals surface area contributed by atoms with Crippen LogP contribution in [0.25, 0.3) is 0 Å². The number of amides is 2. The third-order valence-electron chi connectivity index (χ3n) is 3.26. The summed E-state index contributed by atoms with van der Waals surface area (Å²) in [4.78, 5) is 24.8. The SMILES string of the molecule is COC(=O)N(C)c1ccc(NC(=O)CNc2cccc(Cl)c2)cc1. The van der Waals surface area contributed by atoms with Crippen LogP contribution in [0.5, 0.6) is 0 Å². The number of carbonyl (C=O) groups is 2. The van der Waals surface area contributed by atoms with E-state index in [0.717, 1.165) is 5.69 Å². The minimum atomic E-state index is -0.461. The molecule has 0 bridgehead atoms. The molecule has 0 heterocycles. The van der Waals surface area contributed by atoms with E-state index in [1.165, 1.54) is 12.0 Å². The molecule has 24 heavy (non-hydrogen) atoms. The first-order valence-electron chi connectivity index (χ1n) is 7.20. The molecule has 0 fully saturated rings. The molecule has 2 aromatic carbocycles. The number of methoxy groups -OCH3 is 1. The summed E-state index contributed by atoms with van der Waals surface area (Å²) in [6, 6.07) is 14.0. The summed E-state index contributed by atoms with van der Waals surface area (Å²) in [6.45, 7) is 0.115. The predicted octanol–water partition coefficient (Wildman–Crippen LogP) is 3.59. The fourth-order valence-corrected chi connectivity index (χ4v) is 2.19. The van der Waals surface area contributed by atoms with Crippen molar-refractivity contribution >= 4 is 40.7 Å². The Morgan fingerprint density at radius 3 is 2.46 bits per heavy atom. The standard InChI is InChI=1S/C17H18ClN3O3/c1-21(17(23)24-2)15-8-6-13(7-9-15)20-16(22)11-19-14-5-3-4-12(18)10-14/h3-10,19H,11H2,1-2H3,(H,20,22). The van der Waals surface area contributed by atoms with Crippen molar-refractivity contribution in [1.82, 2.24) is 0 Å². The number of carbonyl (C=O) groups excluding carboxylic acids is 2. The van der Waals surface area contributed by atoms with E-state index >= 15 is 0 Å². The van der Waals surface area contributed by atoms with Crippen LogP contribution in [-0.4, -0.2) is 32.7 Å². The highest BCUT2D eigenvalue weighted by Gasteiger charge is 2.10. The van der Waals surface area contributed by atoms with Crippen molar-refractivity contribution < 1.29 is 14.3 Å². The first kappa shape index (κ1) is 17.6. The second kappa shape index (κ2) is 8.21. The molecular weight excluding hydrogens is 330 g/mol. The summed E-state index contributed by atoms with van der Waals surface area (Å²) < 4.78 is 4.64. The molecular formula is C17H18ClN3O3. The molecule has 0 unspecified atom stereocenters. The number of benzene rings is 2. The van der Waals surface area contributed by atoms with Gasteiger partial charge >= 0.3 is 6.09 Å². The molecule has 2 amide bonds. The molecule has 7 heteroatoms. The third kappa shape index (κ3) is 4.89. The molecule has 0 saturated heterocycles. The largest absolute Gasteiger partial charge is 0.452 e. The maximum absolute atomic E-state index is 12.0. The van der Waals surface area contributed by atoms with Gasteiger partial charge in [-0.05, 0) is 42.5 Å². The number of nitrogens with one attached hydrogen (secondary N) is 2. The van der Waals surface area contributed by atoms with Crippen molar-refractivity contribution in [2.45, 2.75) is 0 Å². The van der Waals surface area contributed by atoms with Crippen LogP contribution in [0.1, 0.15) is 0 Å². The highest BCUT2D eigenvalue weighted by atomic mass is 35.5. The lowest BCUT2D eigenvalue weighted by molar-refractivity contribution is -0.114. The van der Waals surface area contributed by atoms with Gasteiger partial charge in [0.2, 0.25) is 5.91 Å². The molecule has 0 aliphatic rings. The van der Waals surface area contributed by atoms with E-state index in [9.17, 15) is 9.59 Å². The number of hydrogen-bond acceptors (Lipinski definition) is 4. The van der Waals surface area contributed by atoms with Crippen LogP contribution in [-0.2, 0) is 9.53 Å². The first-order chi connectivity index (χ1) is 11.5. The zero-order valence-corrected chi connectivity index (χ0v) is 14.1. The van der Waals surface area contributed by atoms with Crippen molar-refractivity contribution in [2.75, 3.05) is 36.2 Å². The second-order valence-corrected chi connectivity index (χ2v) is 5.42. The topological polar surface area (TPSA) is 70.7 Å². The Balaban J connectivity index is 1.89. The van der Waals surface area contributed by atoms with Crippen molar-refractivity contribution in [3.63, 3.8) is 0 Å². The van der Waals surface area contributed by atoms with Crippen molar-refractivity contribution in [1.29, 1.82) is 0 Å². The van der Waals surface area contributed by atoms with Gasteiger partial charge in [0.05, 0.1) is 13.7 Å². The number of hydrogen-bond donors (Lipinski definition) is 2. The Labute approximate surface area is 145 Å². The first-order valence-corrected chi connectivity index (χ1v) is 7.58. The van der Waals surface area contributed by atoms with Gasteiger partial charge in [-0.15, -0.1) is 0 Å². The zero-order valence-electron chi connectivity index (χ0n) is 13.4. The molecule has 0 radical (unpaired) electrons. The normalized spacial score (nSPS) is 9.96. The Bertz CT molecular complexity index is 719. The highest BCUT2D eigenvalue weighted by Crippen LogP contribution is 2.18. The fourth-order valence-electron chi connectivity index (χ4n) is 2.00. The number of nitrogens with zero attached hydrogens (tertiary/aromatic N) is 1. The van der Waals surface area contributed by atoms with Crippen molar-refractivity contribution in [3.05, 3.63) is 53.6 Å². The number of anilines is 3. The van der Waals surface area contributed by atoms with Crippen molar-refractivity contribution in [3.8, 4) is 0 Å². The van der Waals surface area contributed by atoms with Gasteiger partial charge in [0.1, 0.15) is 0 Å². The average molecular weight is 348 g/mol. The number of ether oxygens (including phenoxy) is 1. The summed E-state index contributed by atoms with van der Waals surface area (Å²) in [5.74, 6) is -0.191. The van der Waals surface area contributed by atoms with E-state index in [1.54, 1.807) is 49.5 Å². The van der Waals surface area contributed by atoms with E-state index in [-0.39, 0.29) is 12.5 Å². The molecule has 0 aromatic heterocycles. The van der Waals surface area contributed by atoms with Crippen LogP contribution in [0, 0.1) is 0 Å². The van der Waals surface area contributed by atoms with Gasteiger partial charge in [0.15, 0.2) is 0 Å². The van der Waals surface area contributed by atoms with Gasteiger partial charge in [-0.1, -0.05) is 17.7 Å². The monoisotopic (exact) mass is 347 g/mol. The Kier molecular flexibility index (Phi) is 6.03. The van der Waals surface area contributed by atoms with Crippen LogP contribution < -0.4 is 15.5 Å². The zero-order chi connectivity index (χ0) is 17.5. The summed E-state index contributed by atoms with van der Waals surface area (Å²) in [5, 5.41) is 6.36. The van der Waals surface area contributed by atoms with Gasteiger partial charge in [0, 0.05) is 29.1 Å². The van der Waals surface area contributed by atoms with E-state index in [4.69, 9.17) is 11.6 Å². The maximum atomic E-state index is 12.0. The van der Waals surface area contributed by atoms with Gasteiger partial charge in [-0.25, -0.2) is 4.79 Å². The molecule has 0 aliphatic carbocycles. The Morgan fingerprint density at radius 2 is 1.83 bits per heavy atom. The molecule has 0 atom stereocenters.